The number of ether oxygens (including phenoxy) is 1. The van der Waals surface area contributed by atoms with Crippen molar-refractivity contribution < 1.29 is 18.7 Å². The fourth-order valence-electron chi connectivity index (χ4n) is 2.58. The average Bonchev–Trinajstić information content (AvgIpc) is 3.15. The summed E-state index contributed by atoms with van der Waals surface area (Å²) in [6.07, 6.45) is 3.89. The van der Waals surface area contributed by atoms with Crippen LogP contribution >= 0.6 is 0 Å². The Bertz CT molecular complexity index is 770. The van der Waals surface area contributed by atoms with Gasteiger partial charge in [-0.05, 0) is 50.6 Å². The number of furan rings is 1. The summed E-state index contributed by atoms with van der Waals surface area (Å²) in [5.74, 6) is 0.0738. The Morgan fingerprint density at radius 1 is 1.36 bits per heavy atom. The fourth-order valence-corrected chi connectivity index (χ4v) is 2.58. The summed E-state index contributed by atoms with van der Waals surface area (Å²) in [6, 6.07) is 5.78. The number of hydrogen-bond donors (Lipinski definition) is 0. The van der Waals surface area contributed by atoms with Gasteiger partial charge in [-0.3, -0.25) is 4.79 Å². The van der Waals surface area contributed by atoms with E-state index in [0.717, 1.165) is 22.7 Å². The molecule has 1 atom stereocenters. The molecule has 0 aliphatic carbocycles. The first-order chi connectivity index (χ1) is 11.8. The molecular formula is C19H24N2O4. The molecule has 0 aromatic carbocycles. The van der Waals surface area contributed by atoms with Gasteiger partial charge >= 0.3 is 5.97 Å². The van der Waals surface area contributed by atoms with Gasteiger partial charge in [-0.15, -0.1) is 0 Å². The van der Waals surface area contributed by atoms with Gasteiger partial charge < -0.3 is 18.6 Å². The van der Waals surface area contributed by atoms with E-state index in [1.807, 2.05) is 32.0 Å². The quantitative estimate of drug-likeness (QED) is 0.597. The second-order valence-electron chi connectivity index (χ2n) is 6.14. The van der Waals surface area contributed by atoms with Crippen LogP contribution in [0.25, 0.3) is 6.08 Å². The second kappa shape index (κ2) is 7.88. The minimum absolute atomic E-state index is 0.252. The molecular weight excluding hydrogens is 320 g/mol. The van der Waals surface area contributed by atoms with Crippen molar-refractivity contribution in [1.29, 1.82) is 0 Å². The van der Waals surface area contributed by atoms with Crippen LogP contribution in [-0.2, 0) is 20.9 Å². The van der Waals surface area contributed by atoms with E-state index in [9.17, 15) is 9.59 Å². The van der Waals surface area contributed by atoms with Crippen molar-refractivity contribution in [3.63, 3.8) is 0 Å². The molecule has 0 saturated carbocycles. The molecule has 6 nitrogen and oxygen atoms in total. The Hall–Kier alpha value is -2.76. The molecule has 0 N–H and O–H groups in total. The zero-order valence-corrected chi connectivity index (χ0v) is 15.3. The van der Waals surface area contributed by atoms with Crippen molar-refractivity contribution >= 4 is 18.0 Å². The molecule has 6 heteroatoms. The van der Waals surface area contributed by atoms with Crippen LogP contribution < -0.4 is 0 Å². The standard InChI is InChI=1S/C19H24N2O4/c1-13-11-16(14(2)21(13)12-17-7-6-10-24-17)8-9-18(22)25-15(3)19(23)20(4)5/h6-11,15H,12H2,1-5H3/b9-8+/t15-/m0/s1. The Kier molecular flexibility index (Phi) is 5.85. The molecule has 2 aromatic heterocycles. The predicted octanol–water partition coefficient (Wildman–Crippen LogP) is 2.78. The minimum Gasteiger partial charge on any atom is -0.467 e. The van der Waals surface area contributed by atoms with Gasteiger partial charge in [0, 0.05) is 31.6 Å². The van der Waals surface area contributed by atoms with Gasteiger partial charge in [0.05, 0.1) is 12.8 Å². The molecule has 134 valence electrons. The lowest BCUT2D eigenvalue weighted by molar-refractivity contribution is -0.153. The Labute approximate surface area is 147 Å². The van der Waals surface area contributed by atoms with Crippen LogP contribution in [0, 0.1) is 13.8 Å². The number of esters is 1. The first-order valence-corrected chi connectivity index (χ1v) is 8.08. The number of carbonyl (C=O) groups excluding carboxylic acids is 2. The molecule has 0 bridgehead atoms. The zero-order valence-electron chi connectivity index (χ0n) is 15.3. The number of amides is 1. The summed E-state index contributed by atoms with van der Waals surface area (Å²) < 4.78 is 12.6. The first-order valence-electron chi connectivity index (χ1n) is 8.08. The molecule has 0 aliphatic rings. The maximum absolute atomic E-state index is 11.9. The number of aryl methyl sites for hydroxylation is 1. The maximum Gasteiger partial charge on any atom is 0.331 e. The van der Waals surface area contributed by atoms with E-state index in [4.69, 9.17) is 9.15 Å². The molecule has 0 fully saturated rings. The van der Waals surface area contributed by atoms with Crippen molar-refractivity contribution in [3.8, 4) is 0 Å². The highest BCUT2D eigenvalue weighted by Gasteiger charge is 2.18. The largest absolute Gasteiger partial charge is 0.467 e. The molecule has 0 radical (unpaired) electrons. The average molecular weight is 344 g/mol. The molecule has 0 unspecified atom stereocenters. The van der Waals surface area contributed by atoms with E-state index in [-0.39, 0.29) is 5.91 Å². The van der Waals surface area contributed by atoms with Crippen molar-refractivity contribution in [1.82, 2.24) is 9.47 Å². The third-order valence-corrected chi connectivity index (χ3v) is 3.99. The molecule has 0 aliphatic heterocycles. The van der Waals surface area contributed by atoms with Crippen LogP contribution in [0.3, 0.4) is 0 Å². The van der Waals surface area contributed by atoms with Gasteiger partial charge in [0.25, 0.3) is 5.91 Å². The summed E-state index contributed by atoms with van der Waals surface area (Å²) in [5, 5.41) is 0. The Morgan fingerprint density at radius 2 is 2.08 bits per heavy atom. The Morgan fingerprint density at radius 3 is 2.68 bits per heavy atom. The minimum atomic E-state index is -0.807. The van der Waals surface area contributed by atoms with Crippen molar-refractivity contribution in [3.05, 3.63) is 53.2 Å². The van der Waals surface area contributed by atoms with Gasteiger partial charge in [-0.1, -0.05) is 0 Å². The molecule has 0 saturated heterocycles. The predicted molar refractivity (Wildman–Crippen MR) is 95.0 cm³/mol. The van der Waals surface area contributed by atoms with Crippen LogP contribution in [0.1, 0.15) is 29.6 Å². The van der Waals surface area contributed by atoms with Crippen molar-refractivity contribution in [2.75, 3.05) is 14.1 Å². The SMILES string of the molecule is Cc1cc(/C=C/C(=O)O[C@@H](C)C(=O)N(C)C)c(C)n1Cc1ccco1. The summed E-state index contributed by atoms with van der Waals surface area (Å²) in [6.45, 7) is 6.18. The van der Waals surface area contributed by atoms with Crippen LogP contribution in [0.4, 0.5) is 0 Å². The number of carbonyl (C=O) groups is 2. The maximum atomic E-state index is 11.9. The number of aromatic nitrogens is 1. The summed E-state index contributed by atoms with van der Waals surface area (Å²) in [5.41, 5.74) is 3.01. The molecule has 25 heavy (non-hydrogen) atoms. The van der Waals surface area contributed by atoms with Gasteiger partial charge in [0.2, 0.25) is 0 Å². The fraction of sp³-hybridized carbons (Fsp3) is 0.368. The topological polar surface area (TPSA) is 64.7 Å². The number of likely N-dealkylation sites (N-methyl/N-ethyl adjacent to an activating group) is 1. The van der Waals surface area contributed by atoms with E-state index in [0.29, 0.717) is 6.54 Å². The summed E-state index contributed by atoms with van der Waals surface area (Å²) >= 11 is 0. The number of nitrogens with zero attached hydrogens (tertiary/aromatic N) is 2. The third-order valence-electron chi connectivity index (χ3n) is 3.99. The lowest BCUT2D eigenvalue weighted by Gasteiger charge is -2.16. The highest BCUT2D eigenvalue weighted by atomic mass is 16.5. The van der Waals surface area contributed by atoms with E-state index >= 15 is 0 Å². The van der Waals surface area contributed by atoms with Gasteiger partial charge in [-0.2, -0.15) is 0 Å². The summed E-state index contributed by atoms with van der Waals surface area (Å²) in [7, 11) is 3.24. The van der Waals surface area contributed by atoms with Gasteiger partial charge in [-0.25, -0.2) is 4.79 Å². The first kappa shape index (κ1) is 18.6. The van der Waals surface area contributed by atoms with E-state index in [2.05, 4.69) is 4.57 Å². The highest BCUT2D eigenvalue weighted by molar-refractivity contribution is 5.90. The van der Waals surface area contributed by atoms with E-state index in [1.54, 1.807) is 33.4 Å². The molecule has 2 aromatic rings. The second-order valence-corrected chi connectivity index (χ2v) is 6.14. The van der Waals surface area contributed by atoms with Crippen LogP contribution in [-0.4, -0.2) is 41.5 Å². The monoisotopic (exact) mass is 344 g/mol. The molecule has 2 heterocycles. The van der Waals surface area contributed by atoms with Crippen molar-refractivity contribution in [2.45, 2.75) is 33.4 Å². The molecule has 2 rings (SSSR count). The number of hydrogen-bond acceptors (Lipinski definition) is 4. The van der Waals surface area contributed by atoms with Gasteiger partial charge in [0.15, 0.2) is 6.10 Å². The lowest BCUT2D eigenvalue weighted by atomic mass is 10.2. The highest BCUT2D eigenvalue weighted by Crippen LogP contribution is 2.18. The van der Waals surface area contributed by atoms with Crippen molar-refractivity contribution in [2.24, 2.45) is 0 Å². The van der Waals surface area contributed by atoms with Gasteiger partial charge in [0.1, 0.15) is 5.76 Å². The third kappa shape index (κ3) is 4.62. The summed E-state index contributed by atoms with van der Waals surface area (Å²) in [4.78, 5) is 25.0. The van der Waals surface area contributed by atoms with Crippen LogP contribution in [0.2, 0.25) is 0 Å². The number of rotatable bonds is 6. The normalized spacial score (nSPS) is 12.4. The molecule has 0 spiro atoms. The smallest absolute Gasteiger partial charge is 0.331 e. The molecule has 1 amide bonds. The lowest BCUT2D eigenvalue weighted by Crippen LogP contribution is -2.34. The Balaban J connectivity index is 2.06. The van der Waals surface area contributed by atoms with E-state index in [1.165, 1.54) is 11.0 Å². The van der Waals surface area contributed by atoms with E-state index < -0.39 is 12.1 Å². The zero-order chi connectivity index (χ0) is 18.6. The van der Waals surface area contributed by atoms with Crippen LogP contribution in [0.15, 0.2) is 35.0 Å². The van der Waals surface area contributed by atoms with Crippen LogP contribution in [0.5, 0.6) is 0 Å².